The molecule has 3 rings (SSSR count). The van der Waals surface area contributed by atoms with Crippen molar-refractivity contribution in [2.24, 2.45) is 5.73 Å². The third kappa shape index (κ3) is 3.73. The maximum atomic E-state index is 12.2. The lowest BCUT2D eigenvalue weighted by Crippen LogP contribution is -2.36. The Labute approximate surface area is 134 Å². The molecule has 0 saturated carbocycles. The molecule has 2 heterocycles. The number of hydrogen-bond donors (Lipinski definition) is 3. The first-order valence-corrected chi connectivity index (χ1v) is 7.54. The third-order valence-corrected chi connectivity index (χ3v) is 3.64. The van der Waals surface area contributed by atoms with Crippen LogP contribution in [0.5, 0.6) is 0 Å². The van der Waals surface area contributed by atoms with Crippen LogP contribution in [0, 0.1) is 6.92 Å². The minimum Gasteiger partial charge on any atom is -0.342 e. The lowest BCUT2D eigenvalue weighted by Gasteiger charge is -2.12. The SMILES string of the molecule is Cc1nc2ccc(NC(=O)C(N)CCc3ccccn3)cc2[nH]1. The molecule has 0 fully saturated rings. The van der Waals surface area contributed by atoms with Crippen molar-refractivity contribution < 1.29 is 4.79 Å². The van der Waals surface area contributed by atoms with Gasteiger partial charge in [0.15, 0.2) is 0 Å². The van der Waals surface area contributed by atoms with Gasteiger partial charge in [0, 0.05) is 17.6 Å². The molecule has 0 aliphatic heterocycles. The van der Waals surface area contributed by atoms with Crippen molar-refractivity contribution in [3.8, 4) is 0 Å². The second-order valence-electron chi connectivity index (χ2n) is 5.51. The summed E-state index contributed by atoms with van der Waals surface area (Å²) in [6.07, 6.45) is 2.96. The summed E-state index contributed by atoms with van der Waals surface area (Å²) in [5.74, 6) is 0.645. The number of hydrogen-bond acceptors (Lipinski definition) is 4. The number of pyridine rings is 1. The number of nitrogens with zero attached hydrogens (tertiary/aromatic N) is 2. The van der Waals surface area contributed by atoms with Crippen molar-refractivity contribution in [3.63, 3.8) is 0 Å². The van der Waals surface area contributed by atoms with Crippen LogP contribution in [0.15, 0.2) is 42.6 Å². The summed E-state index contributed by atoms with van der Waals surface area (Å²) in [5, 5.41) is 2.85. The maximum Gasteiger partial charge on any atom is 0.241 e. The molecule has 6 nitrogen and oxygen atoms in total. The Morgan fingerprint density at radius 2 is 2.22 bits per heavy atom. The van der Waals surface area contributed by atoms with Gasteiger partial charge in [-0.3, -0.25) is 9.78 Å². The summed E-state index contributed by atoms with van der Waals surface area (Å²) in [6.45, 7) is 1.89. The van der Waals surface area contributed by atoms with Gasteiger partial charge in [-0.05, 0) is 50.1 Å². The number of fused-ring (bicyclic) bond motifs is 1. The monoisotopic (exact) mass is 309 g/mol. The van der Waals surface area contributed by atoms with Crippen molar-refractivity contribution in [1.29, 1.82) is 0 Å². The number of rotatable bonds is 5. The molecule has 2 aromatic heterocycles. The Balaban J connectivity index is 1.60. The second kappa shape index (κ2) is 6.58. The molecule has 1 atom stereocenters. The fourth-order valence-electron chi connectivity index (χ4n) is 2.43. The Morgan fingerprint density at radius 1 is 1.35 bits per heavy atom. The molecule has 1 aromatic carbocycles. The Morgan fingerprint density at radius 3 is 3.00 bits per heavy atom. The van der Waals surface area contributed by atoms with Crippen molar-refractivity contribution in [2.75, 3.05) is 5.32 Å². The molecule has 0 radical (unpaired) electrons. The fraction of sp³-hybridized carbons (Fsp3) is 0.235. The predicted octanol–water partition coefficient (Wildman–Crippen LogP) is 2.16. The van der Waals surface area contributed by atoms with Crippen molar-refractivity contribution in [3.05, 3.63) is 54.1 Å². The summed E-state index contributed by atoms with van der Waals surface area (Å²) >= 11 is 0. The van der Waals surface area contributed by atoms with Gasteiger partial charge in [-0.25, -0.2) is 4.98 Å². The zero-order chi connectivity index (χ0) is 16.2. The molecule has 1 amide bonds. The number of nitrogens with two attached hydrogens (primary N) is 1. The van der Waals surface area contributed by atoms with Gasteiger partial charge in [-0.2, -0.15) is 0 Å². The first-order chi connectivity index (χ1) is 11.1. The number of aromatic amines is 1. The number of amides is 1. The number of carbonyl (C=O) groups excluding carboxylic acids is 1. The molecule has 1 unspecified atom stereocenters. The van der Waals surface area contributed by atoms with Crippen LogP contribution < -0.4 is 11.1 Å². The van der Waals surface area contributed by atoms with E-state index in [4.69, 9.17) is 5.73 Å². The van der Waals surface area contributed by atoms with E-state index in [0.29, 0.717) is 18.5 Å². The standard InChI is InChI=1S/C17H19N5O/c1-11-20-15-8-6-13(10-16(15)21-11)22-17(23)14(18)7-5-12-4-2-3-9-19-12/h2-4,6,8-10,14H,5,7,18H2,1H3,(H,20,21)(H,22,23). The van der Waals surface area contributed by atoms with E-state index in [1.54, 1.807) is 6.20 Å². The van der Waals surface area contributed by atoms with Gasteiger partial charge in [0.25, 0.3) is 0 Å². The molecule has 0 spiro atoms. The number of aryl methyl sites for hydroxylation is 2. The zero-order valence-electron chi connectivity index (χ0n) is 12.9. The highest BCUT2D eigenvalue weighted by atomic mass is 16.2. The zero-order valence-corrected chi connectivity index (χ0v) is 12.9. The third-order valence-electron chi connectivity index (χ3n) is 3.64. The normalized spacial score (nSPS) is 12.3. The van der Waals surface area contributed by atoms with Crippen LogP contribution in [-0.2, 0) is 11.2 Å². The minimum atomic E-state index is -0.573. The summed E-state index contributed by atoms with van der Waals surface area (Å²) in [4.78, 5) is 23.9. The predicted molar refractivity (Wildman–Crippen MR) is 90.0 cm³/mol. The summed E-state index contributed by atoms with van der Waals surface area (Å²) in [6, 6.07) is 10.7. The van der Waals surface area contributed by atoms with E-state index in [-0.39, 0.29) is 5.91 Å². The first-order valence-electron chi connectivity index (χ1n) is 7.54. The van der Waals surface area contributed by atoms with Crippen molar-refractivity contribution >= 4 is 22.6 Å². The summed E-state index contributed by atoms with van der Waals surface area (Å²) in [5.41, 5.74) is 9.38. The van der Waals surface area contributed by atoms with Gasteiger partial charge < -0.3 is 16.0 Å². The Kier molecular flexibility index (Phi) is 4.34. The molecule has 118 valence electrons. The van der Waals surface area contributed by atoms with E-state index in [2.05, 4.69) is 20.3 Å². The molecular formula is C17H19N5O. The average Bonchev–Trinajstić information content (AvgIpc) is 2.92. The van der Waals surface area contributed by atoms with Crippen molar-refractivity contribution in [1.82, 2.24) is 15.0 Å². The van der Waals surface area contributed by atoms with Crippen LogP contribution in [0.25, 0.3) is 11.0 Å². The Bertz CT molecular complexity index is 812. The van der Waals surface area contributed by atoms with E-state index in [0.717, 1.165) is 22.6 Å². The van der Waals surface area contributed by atoms with Crippen LogP contribution in [0.2, 0.25) is 0 Å². The van der Waals surface area contributed by atoms with Gasteiger partial charge in [-0.1, -0.05) is 6.07 Å². The van der Waals surface area contributed by atoms with Gasteiger partial charge >= 0.3 is 0 Å². The van der Waals surface area contributed by atoms with Gasteiger partial charge in [0.1, 0.15) is 5.82 Å². The second-order valence-corrected chi connectivity index (χ2v) is 5.51. The van der Waals surface area contributed by atoms with Crippen LogP contribution >= 0.6 is 0 Å². The molecule has 6 heteroatoms. The lowest BCUT2D eigenvalue weighted by molar-refractivity contribution is -0.117. The van der Waals surface area contributed by atoms with E-state index in [1.807, 2.05) is 43.3 Å². The molecule has 23 heavy (non-hydrogen) atoms. The number of imidazole rings is 1. The molecule has 4 N–H and O–H groups in total. The smallest absolute Gasteiger partial charge is 0.241 e. The number of aromatic nitrogens is 3. The quantitative estimate of drug-likeness (QED) is 0.673. The van der Waals surface area contributed by atoms with Gasteiger partial charge in [0.05, 0.1) is 17.1 Å². The van der Waals surface area contributed by atoms with E-state index < -0.39 is 6.04 Å². The number of benzene rings is 1. The van der Waals surface area contributed by atoms with Crippen LogP contribution in [0.3, 0.4) is 0 Å². The highest BCUT2D eigenvalue weighted by Crippen LogP contribution is 2.17. The van der Waals surface area contributed by atoms with E-state index >= 15 is 0 Å². The topological polar surface area (TPSA) is 96.7 Å². The van der Waals surface area contributed by atoms with Crippen LogP contribution in [-0.4, -0.2) is 26.9 Å². The molecule has 0 bridgehead atoms. The van der Waals surface area contributed by atoms with Crippen LogP contribution in [0.4, 0.5) is 5.69 Å². The number of H-pyrrole nitrogens is 1. The molecule has 0 saturated heterocycles. The lowest BCUT2D eigenvalue weighted by atomic mass is 10.1. The van der Waals surface area contributed by atoms with Gasteiger partial charge in [0.2, 0.25) is 5.91 Å². The summed E-state index contributed by atoms with van der Waals surface area (Å²) < 4.78 is 0. The molecule has 0 aliphatic carbocycles. The molecule has 3 aromatic rings. The highest BCUT2D eigenvalue weighted by molar-refractivity contribution is 5.96. The van der Waals surface area contributed by atoms with Gasteiger partial charge in [-0.15, -0.1) is 0 Å². The Hall–Kier alpha value is -2.73. The first kappa shape index (κ1) is 15.2. The van der Waals surface area contributed by atoms with E-state index in [1.165, 1.54) is 0 Å². The van der Waals surface area contributed by atoms with Crippen LogP contribution in [0.1, 0.15) is 17.9 Å². The highest BCUT2D eigenvalue weighted by Gasteiger charge is 2.14. The fourth-order valence-corrected chi connectivity index (χ4v) is 2.43. The average molecular weight is 309 g/mol. The molecular weight excluding hydrogens is 290 g/mol. The van der Waals surface area contributed by atoms with Crippen molar-refractivity contribution in [2.45, 2.75) is 25.8 Å². The largest absolute Gasteiger partial charge is 0.342 e. The number of anilines is 1. The number of carbonyl (C=O) groups is 1. The maximum absolute atomic E-state index is 12.2. The summed E-state index contributed by atoms with van der Waals surface area (Å²) in [7, 11) is 0. The van der Waals surface area contributed by atoms with E-state index in [9.17, 15) is 4.79 Å². The number of nitrogens with one attached hydrogen (secondary N) is 2. The minimum absolute atomic E-state index is 0.198. The molecule has 0 aliphatic rings.